The average molecular weight is 306 g/mol. The Bertz CT molecular complexity index is 357. The maximum atomic E-state index is 5.43. The summed E-state index contributed by atoms with van der Waals surface area (Å²) in [6.45, 7) is 18.8. The van der Waals surface area contributed by atoms with Gasteiger partial charge in [0.1, 0.15) is 0 Å². The Morgan fingerprint density at radius 3 is 1.82 bits per heavy atom. The van der Waals surface area contributed by atoms with Crippen LogP contribution in [0.3, 0.4) is 0 Å². The van der Waals surface area contributed by atoms with Crippen molar-refractivity contribution in [2.45, 2.75) is 47.1 Å². The van der Waals surface area contributed by atoms with Crippen molar-refractivity contribution < 1.29 is 0 Å². The van der Waals surface area contributed by atoms with E-state index < -0.39 is 0 Å². The fourth-order valence-corrected chi connectivity index (χ4v) is 2.38. The topological polar surface area (TPSA) is 9.72 Å². The van der Waals surface area contributed by atoms with Crippen LogP contribution >= 0.6 is 0 Å². The van der Waals surface area contributed by atoms with Crippen molar-refractivity contribution in [3.05, 3.63) is 0 Å². The van der Waals surface area contributed by atoms with Crippen molar-refractivity contribution in [1.29, 1.82) is 0 Å². The van der Waals surface area contributed by atoms with Crippen LogP contribution < -0.4 is 0 Å². The van der Waals surface area contributed by atoms with Crippen molar-refractivity contribution in [1.82, 2.24) is 14.7 Å². The molecule has 0 spiro atoms. The summed E-state index contributed by atoms with van der Waals surface area (Å²) in [6, 6.07) is 0.527. The first-order valence-electron chi connectivity index (χ1n) is 8.70. The highest BCUT2D eigenvalue weighted by atomic mass is 15.2. The predicted octanol–water partition coefficient (Wildman–Crippen LogP) is 2.39. The largest absolute Gasteiger partial charge is 0.293 e. The Morgan fingerprint density at radius 1 is 0.818 bits per heavy atom. The van der Waals surface area contributed by atoms with Gasteiger partial charge in [0.15, 0.2) is 0 Å². The quantitative estimate of drug-likeness (QED) is 0.543. The summed E-state index contributed by atoms with van der Waals surface area (Å²) in [5.41, 5.74) is 0. The van der Waals surface area contributed by atoms with E-state index in [1.54, 1.807) is 0 Å². The normalized spacial score (nSPS) is 12.3. The molecule has 1 unspecified atom stereocenters. The van der Waals surface area contributed by atoms with Gasteiger partial charge in [-0.2, -0.15) is 0 Å². The lowest BCUT2D eigenvalue weighted by atomic mass is 10.2. The van der Waals surface area contributed by atoms with E-state index in [1.165, 1.54) is 0 Å². The van der Waals surface area contributed by atoms with Crippen LogP contribution in [0.1, 0.15) is 41.0 Å². The fraction of sp³-hybridized carbons (Fsp3) is 0.789. The molecule has 3 nitrogen and oxygen atoms in total. The standard InChI is InChI=1S/C19H35N3/c1-7-15-22(11-5)19(6)14-18-21(10-4)17-13-12-16-20(8-2)9-3/h1,19H,8-11,14-18H2,2-6H3. The van der Waals surface area contributed by atoms with Crippen molar-refractivity contribution in [3.8, 4) is 24.2 Å². The Balaban J connectivity index is 4.16. The van der Waals surface area contributed by atoms with Crippen LogP contribution in [0.2, 0.25) is 0 Å². The zero-order valence-corrected chi connectivity index (χ0v) is 15.4. The molecule has 0 saturated carbocycles. The lowest BCUT2D eigenvalue weighted by Gasteiger charge is -2.28. The molecule has 3 heteroatoms. The van der Waals surface area contributed by atoms with Crippen LogP contribution in [-0.4, -0.2) is 73.1 Å². The molecule has 0 N–H and O–H groups in total. The minimum Gasteiger partial charge on any atom is -0.293 e. The molecule has 0 radical (unpaired) electrons. The Hall–Kier alpha value is -1.00. The molecule has 0 aliphatic carbocycles. The van der Waals surface area contributed by atoms with Gasteiger partial charge in [-0.1, -0.05) is 45.5 Å². The van der Waals surface area contributed by atoms with Crippen LogP contribution in [0.25, 0.3) is 0 Å². The smallest absolute Gasteiger partial charge is 0.0602 e. The molecule has 22 heavy (non-hydrogen) atoms. The maximum absolute atomic E-state index is 5.43. The molecule has 0 amide bonds. The SMILES string of the molecule is C#CCN(CC)C(C)CCN(CC)CC#CCN(CC)CC. The van der Waals surface area contributed by atoms with E-state index in [2.05, 4.69) is 67.1 Å². The number of hydrogen-bond donors (Lipinski definition) is 0. The van der Waals surface area contributed by atoms with Gasteiger partial charge in [0.25, 0.3) is 0 Å². The number of rotatable bonds is 11. The van der Waals surface area contributed by atoms with Crippen LogP contribution in [0, 0.1) is 24.2 Å². The minimum absolute atomic E-state index is 0.527. The van der Waals surface area contributed by atoms with E-state index in [4.69, 9.17) is 6.42 Å². The Kier molecular flexibility index (Phi) is 13.0. The monoisotopic (exact) mass is 305 g/mol. The van der Waals surface area contributed by atoms with Crippen molar-refractivity contribution in [3.63, 3.8) is 0 Å². The molecule has 0 aliphatic rings. The van der Waals surface area contributed by atoms with Gasteiger partial charge in [0.05, 0.1) is 19.6 Å². The lowest BCUT2D eigenvalue weighted by Crippen LogP contribution is -2.36. The molecular weight excluding hydrogens is 270 g/mol. The maximum Gasteiger partial charge on any atom is 0.0602 e. The molecule has 0 saturated heterocycles. The number of nitrogens with zero attached hydrogens (tertiary/aromatic N) is 3. The lowest BCUT2D eigenvalue weighted by molar-refractivity contribution is 0.207. The molecule has 0 fully saturated rings. The summed E-state index contributed by atoms with van der Waals surface area (Å²) in [7, 11) is 0. The zero-order valence-electron chi connectivity index (χ0n) is 15.4. The number of terminal acetylenes is 1. The predicted molar refractivity (Wildman–Crippen MR) is 97.8 cm³/mol. The molecule has 0 bridgehead atoms. The van der Waals surface area contributed by atoms with Gasteiger partial charge in [-0.15, -0.1) is 6.42 Å². The van der Waals surface area contributed by atoms with Gasteiger partial charge in [0.2, 0.25) is 0 Å². The molecule has 0 aromatic heterocycles. The van der Waals surface area contributed by atoms with E-state index in [9.17, 15) is 0 Å². The second kappa shape index (κ2) is 13.6. The molecule has 0 aromatic rings. The molecule has 0 heterocycles. The van der Waals surface area contributed by atoms with Gasteiger partial charge in [-0.3, -0.25) is 14.7 Å². The van der Waals surface area contributed by atoms with Crippen LogP contribution in [0.15, 0.2) is 0 Å². The summed E-state index contributed by atoms with van der Waals surface area (Å²) in [4.78, 5) is 7.10. The minimum atomic E-state index is 0.527. The van der Waals surface area contributed by atoms with Crippen LogP contribution in [-0.2, 0) is 0 Å². The molecule has 0 rings (SSSR count). The second-order valence-electron chi connectivity index (χ2n) is 5.59. The molecular formula is C19H35N3. The van der Waals surface area contributed by atoms with E-state index in [-0.39, 0.29) is 0 Å². The van der Waals surface area contributed by atoms with Crippen molar-refractivity contribution in [2.24, 2.45) is 0 Å². The van der Waals surface area contributed by atoms with E-state index >= 15 is 0 Å². The first-order chi connectivity index (χ1) is 10.6. The molecule has 0 aromatic carbocycles. The summed E-state index contributed by atoms with van der Waals surface area (Å²) in [6.07, 6.45) is 6.57. The Morgan fingerprint density at radius 2 is 1.36 bits per heavy atom. The van der Waals surface area contributed by atoms with Crippen molar-refractivity contribution >= 4 is 0 Å². The van der Waals surface area contributed by atoms with Gasteiger partial charge >= 0.3 is 0 Å². The highest BCUT2D eigenvalue weighted by Crippen LogP contribution is 2.04. The van der Waals surface area contributed by atoms with E-state index in [0.717, 1.165) is 58.8 Å². The van der Waals surface area contributed by atoms with Gasteiger partial charge in [-0.05, 0) is 39.5 Å². The molecule has 126 valence electrons. The third kappa shape index (κ3) is 9.11. The second-order valence-corrected chi connectivity index (χ2v) is 5.59. The highest BCUT2D eigenvalue weighted by molar-refractivity contribution is 5.03. The third-order valence-corrected chi connectivity index (χ3v) is 4.26. The van der Waals surface area contributed by atoms with Gasteiger partial charge < -0.3 is 0 Å². The first-order valence-corrected chi connectivity index (χ1v) is 8.70. The van der Waals surface area contributed by atoms with Crippen LogP contribution in [0.5, 0.6) is 0 Å². The number of hydrogen-bond acceptors (Lipinski definition) is 3. The first kappa shape index (κ1) is 21.0. The summed E-state index contributed by atoms with van der Waals surface area (Å²) in [5.74, 6) is 9.36. The van der Waals surface area contributed by atoms with E-state index in [1.807, 2.05) is 0 Å². The van der Waals surface area contributed by atoms with Gasteiger partial charge in [0, 0.05) is 12.6 Å². The van der Waals surface area contributed by atoms with E-state index in [0.29, 0.717) is 6.04 Å². The average Bonchev–Trinajstić information content (AvgIpc) is 2.55. The third-order valence-electron chi connectivity index (χ3n) is 4.26. The van der Waals surface area contributed by atoms with Crippen LogP contribution in [0.4, 0.5) is 0 Å². The summed E-state index contributed by atoms with van der Waals surface area (Å²) >= 11 is 0. The highest BCUT2D eigenvalue weighted by Gasteiger charge is 2.12. The van der Waals surface area contributed by atoms with Gasteiger partial charge in [-0.25, -0.2) is 0 Å². The zero-order chi connectivity index (χ0) is 16.8. The summed E-state index contributed by atoms with van der Waals surface area (Å²) < 4.78 is 0. The van der Waals surface area contributed by atoms with Crippen molar-refractivity contribution in [2.75, 3.05) is 52.4 Å². The summed E-state index contributed by atoms with van der Waals surface area (Å²) in [5, 5.41) is 0. The molecule has 1 atom stereocenters. The fourth-order valence-electron chi connectivity index (χ4n) is 2.38. The molecule has 0 aliphatic heterocycles. The Labute approximate surface area is 139 Å².